The predicted octanol–water partition coefficient (Wildman–Crippen LogP) is 3.38. The summed E-state index contributed by atoms with van der Waals surface area (Å²) in [5.74, 6) is 1.67. The summed E-state index contributed by atoms with van der Waals surface area (Å²) in [5.41, 5.74) is 4.31. The van der Waals surface area contributed by atoms with Gasteiger partial charge in [-0.25, -0.2) is 9.97 Å². The molecule has 0 saturated carbocycles. The quantitative estimate of drug-likeness (QED) is 0.483. The maximum Gasteiger partial charge on any atom is 0.274 e. The van der Waals surface area contributed by atoms with E-state index in [1.54, 1.807) is 23.4 Å². The first kappa shape index (κ1) is 18.4. The van der Waals surface area contributed by atoms with E-state index in [0.717, 1.165) is 35.3 Å². The number of pyridine rings is 1. The Morgan fingerprint density at radius 2 is 1.91 bits per heavy atom. The van der Waals surface area contributed by atoms with Gasteiger partial charge in [0.15, 0.2) is 0 Å². The van der Waals surface area contributed by atoms with Crippen molar-refractivity contribution in [3.05, 3.63) is 68.5 Å². The van der Waals surface area contributed by atoms with Gasteiger partial charge in [-0.2, -0.15) is 0 Å². The highest BCUT2D eigenvalue weighted by molar-refractivity contribution is 6.30. The molecule has 3 aliphatic heterocycles. The van der Waals surface area contributed by atoms with Crippen LogP contribution in [0.3, 0.4) is 0 Å². The minimum Gasteiger partial charge on any atom is -0.381 e. The lowest BCUT2D eigenvalue weighted by Crippen LogP contribution is -2.24. The molecule has 0 spiro atoms. The van der Waals surface area contributed by atoms with E-state index >= 15 is 0 Å². The number of carbonyl (C=O) groups excluding carboxylic acids is 1. The number of aromatic nitrogens is 4. The van der Waals surface area contributed by atoms with E-state index in [9.17, 15) is 9.59 Å². The van der Waals surface area contributed by atoms with Crippen molar-refractivity contribution in [3.8, 4) is 0 Å². The minimum atomic E-state index is -0.212. The Morgan fingerprint density at radius 1 is 1.06 bits per heavy atom. The molecule has 0 bridgehead atoms. The molecule has 1 saturated heterocycles. The Balaban J connectivity index is 1.46. The number of anilines is 1. The number of hydrogen-bond donors (Lipinski definition) is 1. The highest BCUT2D eigenvalue weighted by atomic mass is 35.5. The van der Waals surface area contributed by atoms with Gasteiger partial charge in [0.1, 0.15) is 17.2 Å². The lowest BCUT2D eigenvalue weighted by atomic mass is 9.98. The first-order valence-corrected chi connectivity index (χ1v) is 11.1. The van der Waals surface area contributed by atoms with E-state index in [0.29, 0.717) is 47.1 Å². The molecule has 0 aliphatic carbocycles. The van der Waals surface area contributed by atoms with Crippen LogP contribution >= 0.6 is 11.6 Å². The second kappa shape index (κ2) is 6.40. The topological polar surface area (TPSA) is 92.6 Å². The molecule has 3 aromatic heterocycles. The van der Waals surface area contributed by atoms with Crippen LogP contribution in [0, 0.1) is 0 Å². The monoisotopic (exact) mass is 447 g/mol. The molecule has 1 atom stereocenters. The van der Waals surface area contributed by atoms with E-state index in [4.69, 9.17) is 16.3 Å². The number of rotatable bonds is 1. The van der Waals surface area contributed by atoms with E-state index in [-0.39, 0.29) is 23.4 Å². The fourth-order valence-electron chi connectivity index (χ4n) is 5.46. The number of nitrogens with one attached hydrogen (secondary N) is 1. The van der Waals surface area contributed by atoms with Crippen molar-refractivity contribution in [1.29, 1.82) is 0 Å². The van der Waals surface area contributed by atoms with E-state index in [2.05, 4.69) is 15.0 Å². The highest BCUT2D eigenvalue weighted by Crippen LogP contribution is 2.47. The number of ether oxygens (including phenoxy) is 1. The van der Waals surface area contributed by atoms with Gasteiger partial charge >= 0.3 is 0 Å². The number of nitrogens with zero attached hydrogens (tertiary/aromatic N) is 4. The van der Waals surface area contributed by atoms with Gasteiger partial charge in [0.05, 0.1) is 28.3 Å². The van der Waals surface area contributed by atoms with Crippen molar-refractivity contribution in [2.75, 3.05) is 18.1 Å². The zero-order valence-corrected chi connectivity index (χ0v) is 17.7. The maximum absolute atomic E-state index is 13.3. The minimum absolute atomic E-state index is 0.100. The predicted molar refractivity (Wildman–Crippen MR) is 119 cm³/mol. The molecule has 32 heavy (non-hydrogen) atoms. The molecule has 1 fully saturated rings. The van der Waals surface area contributed by atoms with Crippen LogP contribution in [0.15, 0.2) is 35.4 Å². The smallest absolute Gasteiger partial charge is 0.274 e. The standard InChI is InChI=1S/C23H18ClN5O3/c24-13-5-12-6-17-14-8-18-16(7-15(14)23(31)29(17)21(12)25-9-13)27-22(30)19-10-26-20(28(18)19)11-1-3-32-4-2-11/h5,7-11,17H,1-4,6H2,(H,27,30). The second-order valence-electron chi connectivity index (χ2n) is 8.67. The number of fused-ring (bicyclic) bond motifs is 8. The number of halogens is 1. The molecule has 7 rings (SSSR count). The largest absolute Gasteiger partial charge is 0.381 e. The first-order chi connectivity index (χ1) is 15.6. The summed E-state index contributed by atoms with van der Waals surface area (Å²) < 4.78 is 7.48. The van der Waals surface area contributed by atoms with Crippen molar-refractivity contribution >= 4 is 39.9 Å². The Morgan fingerprint density at radius 3 is 2.75 bits per heavy atom. The Bertz CT molecular complexity index is 1520. The Hall–Kier alpha value is -3.23. The van der Waals surface area contributed by atoms with Gasteiger partial charge in [0.25, 0.3) is 11.5 Å². The molecule has 6 heterocycles. The van der Waals surface area contributed by atoms with Crippen LogP contribution in [0.25, 0.3) is 16.6 Å². The molecule has 1 amide bonds. The SMILES string of the molecule is O=C1c2cc3[nH]c(=O)c4cnc(C5CCOCC5)n4c3cc2C2Cc3cc(Cl)cnc3N12. The van der Waals surface area contributed by atoms with Crippen molar-refractivity contribution < 1.29 is 9.53 Å². The van der Waals surface area contributed by atoms with Crippen LogP contribution in [0.1, 0.15) is 52.1 Å². The number of aromatic amines is 1. The number of amides is 1. The molecule has 3 aliphatic rings. The van der Waals surface area contributed by atoms with E-state index in [1.807, 2.05) is 16.5 Å². The number of carbonyl (C=O) groups is 1. The van der Waals surface area contributed by atoms with Crippen molar-refractivity contribution in [3.63, 3.8) is 0 Å². The summed E-state index contributed by atoms with van der Waals surface area (Å²) in [6.07, 6.45) is 5.62. The molecule has 1 aromatic carbocycles. The second-order valence-corrected chi connectivity index (χ2v) is 9.10. The van der Waals surface area contributed by atoms with Gasteiger partial charge in [0.2, 0.25) is 0 Å². The zero-order chi connectivity index (χ0) is 21.6. The molecular formula is C23H18ClN5O3. The van der Waals surface area contributed by atoms with Gasteiger partial charge in [-0.3, -0.25) is 18.9 Å². The zero-order valence-electron chi connectivity index (χ0n) is 17.0. The normalized spacial score (nSPS) is 20.2. The van der Waals surface area contributed by atoms with E-state index < -0.39 is 0 Å². The van der Waals surface area contributed by atoms with Gasteiger partial charge < -0.3 is 9.72 Å². The fourth-order valence-corrected chi connectivity index (χ4v) is 5.65. The third-order valence-electron chi connectivity index (χ3n) is 6.94. The van der Waals surface area contributed by atoms with E-state index in [1.165, 1.54) is 0 Å². The van der Waals surface area contributed by atoms with Crippen LogP contribution in [0.5, 0.6) is 0 Å². The Kier molecular flexibility index (Phi) is 3.67. The maximum atomic E-state index is 13.3. The van der Waals surface area contributed by atoms with Crippen LogP contribution in [0.4, 0.5) is 5.82 Å². The number of imidazole rings is 1. The number of H-pyrrole nitrogens is 1. The Labute approximate surface area is 186 Å². The van der Waals surface area contributed by atoms with Crippen molar-refractivity contribution in [2.24, 2.45) is 0 Å². The molecule has 1 N–H and O–H groups in total. The summed E-state index contributed by atoms with van der Waals surface area (Å²) >= 11 is 6.13. The van der Waals surface area contributed by atoms with Crippen molar-refractivity contribution in [2.45, 2.75) is 31.2 Å². The fraction of sp³-hybridized carbons (Fsp3) is 0.304. The molecule has 160 valence electrons. The lowest BCUT2D eigenvalue weighted by molar-refractivity contribution is 0.0835. The molecule has 9 heteroatoms. The van der Waals surface area contributed by atoms with Crippen LogP contribution in [0.2, 0.25) is 5.02 Å². The first-order valence-electron chi connectivity index (χ1n) is 10.7. The van der Waals surface area contributed by atoms with Crippen LogP contribution in [-0.4, -0.2) is 38.5 Å². The van der Waals surface area contributed by atoms with Gasteiger partial charge in [0, 0.05) is 37.3 Å². The number of hydrogen-bond acceptors (Lipinski definition) is 5. The average Bonchev–Trinajstić information content (AvgIpc) is 3.47. The summed E-state index contributed by atoms with van der Waals surface area (Å²) in [7, 11) is 0. The van der Waals surface area contributed by atoms with Gasteiger partial charge in [-0.15, -0.1) is 0 Å². The average molecular weight is 448 g/mol. The lowest BCUT2D eigenvalue weighted by Gasteiger charge is -2.21. The molecular weight excluding hydrogens is 430 g/mol. The van der Waals surface area contributed by atoms with Crippen LogP contribution < -0.4 is 10.5 Å². The number of benzene rings is 1. The summed E-state index contributed by atoms with van der Waals surface area (Å²) in [6.45, 7) is 1.38. The molecule has 1 unspecified atom stereocenters. The third-order valence-corrected chi connectivity index (χ3v) is 7.14. The molecule has 0 radical (unpaired) electrons. The van der Waals surface area contributed by atoms with Crippen molar-refractivity contribution in [1.82, 2.24) is 19.4 Å². The molecule has 8 nitrogen and oxygen atoms in total. The van der Waals surface area contributed by atoms with Gasteiger partial charge in [-0.1, -0.05) is 11.6 Å². The highest BCUT2D eigenvalue weighted by Gasteiger charge is 2.44. The summed E-state index contributed by atoms with van der Waals surface area (Å²) in [4.78, 5) is 39.9. The summed E-state index contributed by atoms with van der Waals surface area (Å²) in [6, 6.07) is 5.59. The molecule has 4 aromatic rings. The summed E-state index contributed by atoms with van der Waals surface area (Å²) in [5, 5.41) is 0.565. The third kappa shape index (κ3) is 2.36. The van der Waals surface area contributed by atoms with Gasteiger partial charge in [-0.05, 0) is 42.2 Å². The van der Waals surface area contributed by atoms with Crippen LogP contribution in [-0.2, 0) is 11.2 Å².